The number of hydrogen-bond acceptors (Lipinski definition) is 4. The maximum absolute atomic E-state index is 9.58. The van der Waals surface area contributed by atoms with E-state index in [0.717, 1.165) is 33.9 Å². The molecule has 0 radical (unpaired) electrons. The summed E-state index contributed by atoms with van der Waals surface area (Å²) in [4.78, 5) is 4.68. The van der Waals surface area contributed by atoms with Crippen molar-refractivity contribution < 1.29 is 0 Å². The van der Waals surface area contributed by atoms with Gasteiger partial charge in [-0.3, -0.25) is 0 Å². The van der Waals surface area contributed by atoms with Gasteiger partial charge < -0.3 is 5.32 Å². The Morgan fingerprint density at radius 1 is 1.18 bits per heavy atom. The van der Waals surface area contributed by atoms with Crippen LogP contribution in [0.4, 0.5) is 5.69 Å². The van der Waals surface area contributed by atoms with Crippen molar-refractivity contribution in [3.63, 3.8) is 0 Å². The number of nitrogens with zero attached hydrogens (tertiary/aromatic N) is 2. The van der Waals surface area contributed by atoms with Crippen molar-refractivity contribution in [1.29, 1.82) is 5.26 Å². The Hall–Kier alpha value is -2.90. The number of nitrogens with one attached hydrogen (secondary N) is 1. The summed E-state index contributed by atoms with van der Waals surface area (Å²) in [7, 11) is 0. The molecule has 2 aromatic carbocycles. The van der Waals surface area contributed by atoms with Gasteiger partial charge in [0.15, 0.2) is 0 Å². The van der Waals surface area contributed by atoms with Gasteiger partial charge in [0, 0.05) is 22.8 Å². The summed E-state index contributed by atoms with van der Waals surface area (Å²) in [5, 5.41) is 15.6. The summed E-state index contributed by atoms with van der Waals surface area (Å²) in [5.74, 6) is 0.643. The van der Waals surface area contributed by atoms with Crippen molar-refractivity contribution in [1.82, 2.24) is 4.98 Å². The molecule has 0 aliphatic rings. The Morgan fingerprint density at radius 3 is 2.57 bits per heavy atom. The van der Waals surface area contributed by atoms with Crippen LogP contribution in [0.2, 0.25) is 0 Å². The number of aryl methyl sites for hydroxylation is 2. The number of hydrogen-bond donors (Lipinski definition) is 1. The van der Waals surface area contributed by atoms with Crippen LogP contribution in [0.3, 0.4) is 0 Å². The molecule has 0 unspecified atom stereocenters. The zero-order chi connectivity index (χ0) is 20.1. The summed E-state index contributed by atoms with van der Waals surface area (Å²) < 4.78 is 0. The van der Waals surface area contributed by atoms with E-state index in [1.807, 2.05) is 11.4 Å². The third-order valence-corrected chi connectivity index (χ3v) is 5.38. The lowest BCUT2D eigenvalue weighted by molar-refractivity contribution is 0.647. The molecule has 1 aromatic heterocycles. The van der Waals surface area contributed by atoms with Crippen molar-refractivity contribution >= 4 is 22.6 Å². The number of anilines is 1. The average Bonchev–Trinajstić information content (AvgIpc) is 3.14. The fourth-order valence-electron chi connectivity index (χ4n) is 3.08. The van der Waals surface area contributed by atoms with E-state index in [9.17, 15) is 5.26 Å². The Kier molecular flexibility index (Phi) is 6.28. The molecule has 4 heteroatoms. The summed E-state index contributed by atoms with van der Waals surface area (Å²) in [5.41, 5.74) is 7.22. The molecule has 28 heavy (non-hydrogen) atoms. The Balaban J connectivity index is 1.78. The average molecular weight is 388 g/mol. The number of benzene rings is 2. The molecule has 0 aliphatic carbocycles. The van der Waals surface area contributed by atoms with Crippen molar-refractivity contribution in [2.45, 2.75) is 34.1 Å². The molecule has 0 fully saturated rings. The molecule has 1 N–H and O–H groups in total. The second-order valence-corrected chi connectivity index (χ2v) is 8.32. The van der Waals surface area contributed by atoms with Gasteiger partial charge in [-0.25, -0.2) is 4.98 Å². The van der Waals surface area contributed by atoms with Crippen LogP contribution in [0.15, 0.2) is 54.0 Å². The van der Waals surface area contributed by atoms with Crippen LogP contribution in [0, 0.1) is 31.1 Å². The van der Waals surface area contributed by atoms with Crippen LogP contribution in [-0.2, 0) is 6.42 Å². The van der Waals surface area contributed by atoms with Crippen LogP contribution >= 0.6 is 11.3 Å². The van der Waals surface area contributed by atoms with Crippen LogP contribution in [-0.4, -0.2) is 4.98 Å². The third-order valence-electron chi connectivity index (χ3n) is 4.50. The van der Waals surface area contributed by atoms with Gasteiger partial charge in [-0.05, 0) is 43.4 Å². The van der Waals surface area contributed by atoms with Gasteiger partial charge in [-0.15, -0.1) is 11.3 Å². The van der Waals surface area contributed by atoms with Gasteiger partial charge in [-0.1, -0.05) is 55.8 Å². The van der Waals surface area contributed by atoms with Gasteiger partial charge in [-0.2, -0.15) is 5.26 Å². The van der Waals surface area contributed by atoms with E-state index in [0.29, 0.717) is 11.5 Å². The van der Waals surface area contributed by atoms with E-state index < -0.39 is 0 Å². The highest BCUT2D eigenvalue weighted by Gasteiger charge is 2.09. The summed E-state index contributed by atoms with van der Waals surface area (Å²) in [6.45, 7) is 8.57. The molecule has 0 aliphatic heterocycles. The van der Waals surface area contributed by atoms with Crippen molar-refractivity contribution in [2.24, 2.45) is 5.92 Å². The topological polar surface area (TPSA) is 48.7 Å². The Morgan fingerprint density at radius 2 is 1.93 bits per heavy atom. The SMILES string of the molecule is Cc1ccc(N/C=C(\C#N)c2nc(-c3ccc(CC(C)C)cc3)cs2)c(C)c1. The summed E-state index contributed by atoms with van der Waals surface area (Å²) in [6.07, 6.45) is 2.82. The van der Waals surface area contributed by atoms with Gasteiger partial charge in [0.2, 0.25) is 0 Å². The molecule has 0 amide bonds. The Bertz CT molecular complexity index is 1020. The van der Waals surface area contributed by atoms with Crippen LogP contribution in [0.1, 0.15) is 35.5 Å². The van der Waals surface area contributed by atoms with Crippen LogP contribution < -0.4 is 5.32 Å². The largest absolute Gasteiger partial charge is 0.360 e. The zero-order valence-electron chi connectivity index (χ0n) is 16.8. The molecular weight excluding hydrogens is 362 g/mol. The number of thiazole rings is 1. The van der Waals surface area contributed by atoms with E-state index in [4.69, 9.17) is 0 Å². The smallest absolute Gasteiger partial charge is 0.136 e. The van der Waals surface area contributed by atoms with E-state index in [-0.39, 0.29) is 0 Å². The monoisotopic (exact) mass is 387 g/mol. The number of aromatic nitrogens is 1. The molecule has 0 saturated carbocycles. The highest BCUT2D eigenvalue weighted by Crippen LogP contribution is 2.27. The highest BCUT2D eigenvalue weighted by atomic mass is 32.1. The lowest BCUT2D eigenvalue weighted by Crippen LogP contribution is -1.94. The Labute approximate surface area is 171 Å². The minimum Gasteiger partial charge on any atom is -0.360 e. The molecule has 0 spiro atoms. The molecule has 0 atom stereocenters. The summed E-state index contributed by atoms with van der Waals surface area (Å²) in [6, 6.07) is 17.0. The van der Waals surface area contributed by atoms with Gasteiger partial charge in [0.1, 0.15) is 16.6 Å². The highest BCUT2D eigenvalue weighted by molar-refractivity contribution is 7.11. The molecule has 3 aromatic rings. The van der Waals surface area contributed by atoms with Gasteiger partial charge in [0.25, 0.3) is 0 Å². The second kappa shape index (κ2) is 8.86. The first-order valence-corrected chi connectivity index (χ1v) is 10.3. The van der Waals surface area contributed by atoms with Crippen LogP contribution in [0.25, 0.3) is 16.8 Å². The molecule has 142 valence electrons. The molecule has 1 heterocycles. The zero-order valence-corrected chi connectivity index (χ0v) is 17.6. The van der Waals surface area contributed by atoms with Crippen molar-refractivity contribution in [2.75, 3.05) is 5.32 Å². The number of rotatable bonds is 6. The van der Waals surface area contributed by atoms with Gasteiger partial charge in [0.05, 0.1) is 5.69 Å². The van der Waals surface area contributed by atoms with E-state index >= 15 is 0 Å². The fourth-order valence-corrected chi connectivity index (χ4v) is 3.87. The first-order valence-electron chi connectivity index (χ1n) is 9.45. The number of allylic oxidation sites excluding steroid dienone is 1. The first kappa shape index (κ1) is 19.9. The fraction of sp³-hybridized carbons (Fsp3) is 0.250. The minimum absolute atomic E-state index is 0.535. The van der Waals surface area contributed by atoms with Gasteiger partial charge >= 0.3 is 0 Å². The molecule has 0 bridgehead atoms. The van der Waals surface area contributed by atoms with E-state index in [1.54, 1.807) is 6.20 Å². The molecule has 3 nitrogen and oxygen atoms in total. The van der Waals surface area contributed by atoms with Crippen molar-refractivity contribution in [3.05, 3.63) is 75.7 Å². The maximum Gasteiger partial charge on any atom is 0.136 e. The predicted molar refractivity (Wildman–Crippen MR) is 119 cm³/mol. The predicted octanol–water partition coefficient (Wildman–Crippen LogP) is 6.60. The third kappa shape index (κ3) is 4.88. The standard InChI is InChI=1S/C24H25N3S/c1-16(2)11-19-6-8-20(9-7-19)23-15-28-24(27-23)21(13-25)14-26-22-10-5-17(3)12-18(22)4/h5-10,12,14-16,26H,11H2,1-4H3/b21-14+. The molecule has 0 saturated heterocycles. The molecular formula is C24H25N3S. The van der Waals surface area contributed by atoms with E-state index in [1.165, 1.54) is 22.5 Å². The quantitative estimate of drug-likeness (QED) is 0.485. The molecule has 3 rings (SSSR count). The normalized spacial score (nSPS) is 11.5. The second-order valence-electron chi connectivity index (χ2n) is 7.47. The first-order chi connectivity index (χ1) is 13.5. The number of nitriles is 1. The minimum atomic E-state index is 0.535. The lowest BCUT2D eigenvalue weighted by atomic mass is 10.0. The maximum atomic E-state index is 9.58. The van der Waals surface area contributed by atoms with Crippen LogP contribution in [0.5, 0.6) is 0 Å². The lowest BCUT2D eigenvalue weighted by Gasteiger charge is -2.06. The van der Waals surface area contributed by atoms with Crippen molar-refractivity contribution in [3.8, 4) is 17.3 Å². The van der Waals surface area contributed by atoms with E-state index in [2.05, 4.69) is 80.5 Å². The summed E-state index contributed by atoms with van der Waals surface area (Å²) >= 11 is 1.49.